The number of hydrogen-bond donors (Lipinski definition) is 1. The molecule has 1 N–H and O–H groups in total. The van der Waals surface area contributed by atoms with E-state index in [0.717, 1.165) is 11.3 Å². The van der Waals surface area contributed by atoms with Crippen LogP contribution < -0.4 is 19.5 Å². The van der Waals surface area contributed by atoms with Crippen LogP contribution in [0.25, 0.3) is 6.08 Å². The maximum absolute atomic E-state index is 12.5. The summed E-state index contributed by atoms with van der Waals surface area (Å²) in [6.07, 6.45) is 1.46. The number of ether oxygens (including phenoxy) is 3. The summed E-state index contributed by atoms with van der Waals surface area (Å²) >= 11 is 3.50. The topological polar surface area (TPSA) is 107 Å². The van der Waals surface area contributed by atoms with Crippen LogP contribution in [-0.4, -0.2) is 30.9 Å². The van der Waals surface area contributed by atoms with E-state index in [1.807, 2.05) is 44.2 Å². The van der Waals surface area contributed by atoms with Crippen molar-refractivity contribution in [2.24, 2.45) is 0 Å². The van der Waals surface area contributed by atoms with Gasteiger partial charge in [-0.2, -0.15) is 5.26 Å². The van der Waals surface area contributed by atoms with Crippen LogP contribution in [0, 0.1) is 25.2 Å². The first-order chi connectivity index (χ1) is 16.4. The third-order valence-electron chi connectivity index (χ3n) is 4.47. The smallest absolute Gasteiger partial charge is 0.267 e. The minimum atomic E-state index is -0.599. The second-order valence-electron chi connectivity index (χ2n) is 7.22. The van der Waals surface area contributed by atoms with E-state index in [2.05, 4.69) is 26.4 Å². The first-order valence-electron chi connectivity index (χ1n) is 10.5. The van der Waals surface area contributed by atoms with Gasteiger partial charge in [0, 0.05) is 6.07 Å². The van der Waals surface area contributed by atoms with Gasteiger partial charge in [0.25, 0.3) is 5.91 Å². The summed E-state index contributed by atoms with van der Waals surface area (Å²) in [6, 6.07) is 14.7. The molecule has 34 heavy (non-hydrogen) atoms. The Hall–Kier alpha value is -3.77. The van der Waals surface area contributed by atoms with Gasteiger partial charge in [0.1, 0.15) is 36.4 Å². The first kappa shape index (κ1) is 24.9. The van der Waals surface area contributed by atoms with Crippen LogP contribution in [0.5, 0.6) is 17.2 Å². The number of aryl methyl sites for hydroxylation is 2. The molecule has 0 aliphatic carbocycles. The Bertz CT molecular complexity index is 1230. The zero-order valence-corrected chi connectivity index (χ0v) is 20.6. The monoisotopic (exact) mass is 525 g/mol. The highest BCUT2D eigenvalue weighted by Gasteiger charge is 2.15. The molecule has 176 valence electrons. The molecule has 0 unspecified atom stereocenters. The van der Waals surface area contributed by atoms with Crippen LogP contribution in [0.4, 0.5) is 5.82 Å². The summed E-state index contributed by atoms with van der Waals surface area (Å²) in [5.74, 6) is 1.94. The predicted octanol–water partition coefficient (Wildman–Crippen LogP) is 5.46. The Morgan fingerprint density at radius 3 is 2.65 bits per heavy atom. The third kappa shape index (κ3) is 6.86. The maximum Gasteiger partial charge on any atom is 0.267 e. The average molecular weight is 526 g/mol. The zero-order valence-electron chi connectivity index (χ0n) is 19.1. The van der Waals surface area contributed by atoms with Gasteiger partial charge in [-0.05, 0) is 78.2 Å². The van der Waals surface area contributed by atoms with E-state index in [0.29, 0.717) is 47.1 Å². The summed E-state index contributed by atoms with van der Waals surface area (Å²) in [6.45, 7) is 6.62. The van der Waals surface area contributed by atoms with Crippen LogP contribution >= 0.6 is 15.9 Å². The van der Waals surface area contributed by atoms with Gasteiger partial charge in [0.2, 0.25) is 0 Å². The van der Waals surface area contributed by atoms with Gasteiger partial charge < -0.3 is 24.1 Å². The average Bonchev–Trinajstić information content (AvgIpc) is 3.21. The second kappa shape index (κ2) is 11.9. The number of nitriles is 1. The summed E-state index contributed by atoms with van der Waals surface area (Å²) < 4.78 is 22.9. The SMILES string of the molecule is CCOc1cc(/C=C(/C#N)C(=O)Nc2cc(C)on2)cc(Br)c1OCCOc1cccc(C)c1. The largest absolute Gasteiger partial charge is 0.490 e. The van der Waals surface area contributed by atoms with Crippen molar-refractivity contribution in [3.63, 3.8) is 0 Å². The number of amides is 1. The lowest BCUT2D eigenvalue weighted by Crippen LogP contribution is -2.13. The molecule has 0 fully saturated rings. The zero-order chi connectivity index (χ0) is 24.5. The Balaban J connectivity index is 1.72. The molecular formula is C25H24BrN3O5. The van der Waals surface area contributed by atoms with E-state index < -0.39 is 5.91 Å². The molecule has 2 aromatic carbocycles. The van der Waals surface area contributed by atoms with Crippen molar-refractivity contribution < 1.29 is 23.5 Å². The quantitative estimate of drug-likeness (QED) is 0.213. The number of anilines is 1. The molecule has 0 aliphatic heterocycles. The molecule has 1 heterocycles. The number of rotatable bonds is 10. The molecule has 0 aliphatic rings. The lowest BCUT2D eigenvalue weighted by Gasteiger charge is -2.15. The molecule has 0 saturated heterocycles. The van der Waals surface area contributed by atoms with Gasteiger partial charge in [0.05, 0.1) is 11.1 Å². The molecule has 0 spiro atoms. The van der Waals surface area contributed by atoms with Gasteiger partial charge in [-0.15, -0.1) is 0 Å². The van der Waals surface area contributed by atoms with Gasteiger partial charge in [-0.3, -0.25) is 4.79 Å². The van der Waals surface area contributed by atoms with E-state index in [1.54, 1.807) is 25.1 Å². The summed E-state index contributed by atoms with van der Waals surface area (Å²) in [4.78, 5) is 12.5. The number of halogens is 1. The highest BCUT2D eigenvalue weighted by molar-refractivity contribution is 9.10. The molecule has 0 bridgehead atoms. The minimum Gasteiger partial charge on any atom is -0.490 e. The molecular weight excluding hydrogens is 502 g/mol. The number of nitrogens with zero attached hydrogens (tertiary/aromatic N) is 2. The standard InChI is InChI=1S/C25H24BrN3O5/c1-4-31-22-14-18(12-19(15-27)25(30)28-23-11-17(3)34-29-23)13-21(26)24(22)33-9-8-32-20-7-5-6-16(2)10-20/h5-7,10-14H,4,8-9H2,1-3H3,(H,28,29,30)/b19-12-. The van der Waals surface area contributed by atoms with Gasteiger partial charge in [0.15, 0.2) is 17.3 Å². The van der Waals surface area contributed by atoms with Crippen LogP contribution in [0.3, 0.4) is 0 Å². The van der Waals surface area contributed by atoms with E-state index in [1.165, 1.54) is 6.08 Å². The van der Waals surface area contributed by atoms with E-state index in [9.17, 15) is 10.1 Å². The van der Waals surface area contributed by atoms with Crippen molar-refractivity contribution in [2.45, 2.75) is 20.8 Å². The van der Waals surface area contributed by atoms with E-state index in [4.69, 9.17) is 18.7 Å². The second-order valence-corrected chi connectivity index (χ2v) is 8.08. The molecule has 8 nitrogen and oxygen atoms in total. The predicted molar refractivity (Wildman–Crippen MR) is 131 cm³/mol. The fraction of sp³-hybridized carbons (Fsp3) is 0.240. The molecule has 0 atom stereocenters. The molecule has 1 amide bonds. The first-order valence-corrected chi connectivity index (χ1v) is 11.3. The normalized spacial score (nSPS) is 11.0. The number of benzene rings is 2. The number of nitrogens with one attached hydrogen (secondary N) is 1. The Kier molecular flexibility index (Phi) is 8.71. The maximum atomic E-state index is 12.5. The molecule has 9 heteroatoms. The van der Waals surface area contributed by atoms with Crippen LogP contribution in [0.1, 0.15) is 23.8 Å². The number of hydrogen-bond acceptors (Lipinski definition) is 7. The van der Waals surface area contributed by atoms with Crippen molar-refractivity contribution >= 4 is 33.7 Å². The summed E-state index contributed by atoms with van der Waals surface area (Å²) in [7, 11) is 0. The highest BCUT2D eigenvalue weighted by Crippen LogP contribution is 2.37. The molecule has 0 radical (unpaired) electrons. The van der Waals surface area contributed by atoms with Crippen molar-refractivity contribution in [1.29, 1.82) is 5.26 Å². The van der Waals surface area contributed by atoms with Crippen LogP contribution in [0.15, 0.2) is 57.0 Å². The summed E-state index contributed by atoms with van der Waals surface area (Å²) in [5.41, 5.74) is 1.60. The number of carbonyl (C=O) groups is 1. The van der Waals surface area contributed by atoms with Gasteiger partial charge >= 0.3 is 0 Å². The third-order valence-corrected chi connectivity index (χ3v) is 5.05. The Morgan fingerprint density at radius 1 is 1.18 bits per heavy atom. The van der Waals surface area contributed by atoms with Crippen molar-refractivity contribution in [3.05, 3.63) is 69.4 Å². The van der Waals surface area contributed by atoms with Gasteiger partial charge in [-0.25, -0.2) is 0 Å². The molecule has 3 aromatic rings. The molecule has 3 rings (SSSR count). The van der Waals surface area contributed by atoms with Crippen molar-refractivity contribution in [3.8, 4) is 23.3 Å². The van der Waals surface area contributed by atoms with Crippen LogP contribution in [-0.2, 0) is 4.79 Å². The van der Waals surface area contributed by atoms with Crippen molar-refractivity contribution in [2.75, 3.05) is 25.1 Å². The highest BCUT2D eigenvalue weighted by atomic mass is 79.9. The fourth-order valence-electron chi connectivity index (χ4n) is 3.01. The number of carbonyl (C=O) groups excluding carboxylic acids is 1. The van der Waals surface area contributed by atoms with E-state index in [-0.39, 0.29) is 11.4 Å². The lowest BCUT2D eigenvalue weighted by atomic mass is 10.1. The molecule has 0 saturated carbocycles. The Labute approximate surface area is 206 Å². The van der Waals surface area contributed by atoms with Gasteiger partial charge in [-0.1, -0.05) is 17.3 Å². The van der Waals surface area contributed by atoms with E-state index >= 15 is 0 Å². The van der Waals surface area contributed by atoms with Crippen molar-refractivity contribution in [1.82, 2.24) is 5.16 Å². The summed E-state index contributed by atoms with van der Waals surface area (Å²) in [5, 5.41) is 15.7. The Morgan fingerprint density at radius 2 is 1.97 bits per heavy atom. The van der Waals surface area contributed by atoms with Crippen LogP contribution in [0.2, 0.25) is 0 Å². The lowest BCUT2D eigenvalue weighted by molar-refractivity contribution is -0.112. The minimum absolute atomic E-state index is 0.102. The fourth-order valence-corrected chi connectivity index (χ4v) is 3.58. The number of aromatic nitrogens is 1. The molecule has 1 aromatic heterocycles.